The van der Waals surface area contributed by atoms with E-state index in [1.807, 2.05) is 27.1 Å². The van der Waals surface area contributed by atoms with Gasteiger partial charge in [-0.15, -0.1) is 0 Å². The van der Waals surface area contributed by atoms with Gasteiger partial charge in [0.05, 0.1) is 11.7 Å². The minimum atomic E-state index is -0.135. The molecule has 0 aromatic carbocycles. The molecule has 0 aliphatic carbocycles. The van der Waals surface area contributed by atoms with E-state index in [2.05, 4.69) is 15.1 Å². The monoisotopic (exact) mass is 165 g/mol. The Bertz CT molecular complexity index is 321. The highest BCUT2D eigenvalue weighted by atomic mass is 15.3. The first-order chi connectivity index (χ1) is 5.65. The maximum atomic E-state index is 8.23. The second kappa shape index (κ2) is 3.28. The predicted octanol–water partition coefficient (Wildman–Crippen LogP) is 2.10. The number of hydrogen-bond donors (Lipinski definition) is 0. The van der Waals surface area contributed by atoms with Crippen LogP contribution < -0.4 is 0 Å². The molecule has 0 N–H and O–H groups in total. The van der Waals surface area contributed by atoms with E-state index in [0.717, 1.165) is 11.3 Å². The molecule has 0 amide bonds. The molecule has 0 aliphatic heterocycles. The van der Waals surface area contributed by atoms with Crippen LogP contribution in [-0.4, -0.2) is 9.78 Å². The van der Waals surface area contributed by atoms with E-state index in [9.17, 15) is 0 Å². The van der Waals surface area contributed by atoms with Crippen LogP contribution in [0.3, 0.4) is 0 Å². The number of aryl methyl sites for hydroxylation is 2. The van der Waals surface area contributed by atoms with Crippen LogP contribution >= 0.6 is 0 Å². The summed E-state index contributed by atoms with van der Waals surface area (Å²) in [4.78, 5) is 2.75. The van der Waals surface area contributed by atoms with Gasteiger partial charge in [-0.1, -0.05) is 12.0 Å². The van der Waals surface area contributed by atoms with Crippen LogP contribution in [0.25, 0.3) is 10.4 Å². The topological polar surface area (TPSA) is 66.6 Å². The Morgan fingerprint density at radius 1 is 1.75 bits per heavy atom. The third kappa shape index (κ3) is 1.57. The van der Waals surface area contributed by atoms with Crippen molar-refractivity contribution in [3.63, 3.8) is 0 Å². The van der Waals surface area contributed by atoms with Crippen molar-refractivity contribution >= 4 is 0 Å². The zero-order valence-electron chi connectivity index (χ0n) is 7.39. The highest BCUT2D eigenvalue weighted by Crippen LogP contribution is 2.18. The van der Waals surface area contributed by atoms with Crippen molar-refractivity contribution < 1.29 is 0 Å². The number of rotatable bonds is 2. The molecule has 0 aliphatic rings. The molecule has 1 rings (SSSR count). The van der Waals surface area contributed by atoms with Gasteiger partial charge >= 0.3 is 0 Å². The summed E-state index contributed by atoms with van der Waals surface area (Å²) in [6.07, 6.45) is 1.87. The van der Waals surface area contributed by atoms with Crippen LogP contribution in [0.15, 0.2) is 11.3 Å². The van der Waals surface area contributed by atoms with E-state index < -0.39 is 0 Å². The van der Waals surface area contributed by atoms with E-state index in [4.69, 9.17) is 5.53 Å². The maximum absolute atomic E-state index is 8.23. The Kier molecular flexibility index (Phi) is 2.35. The summed E-state index contributed by atoms with van der Waals surface area (Å²) in [7, 11) is 1.85. The molecule has 64 valence electrons. The fourth-order valence-corrected chi connectivity index (χ4v) is 1.17. The molecule has 12 heavy (non-hydrogen) atoms. The molecule has 0 unspecified atom stereocenters. The number of azide groups is 1. The Morgan fingerprint density at radius 2 is 2.42 bits per heavy atom. The zero-order chi connectivity index (χ0) is 9.14. The number of nitrogens with zero attached hydrogens (tertiary/aromatic N) is 5. The van der Waals surface area contributed by atoms with Gasteiger partial charge in [-0.3, -0.25) is 4.68 Å². The molecule has 1 heterocycles. The van der Waals surface area contributed by atoms with Crippen molar-refractivity contribution in [2.75, 3.05) is 0 Å². The van der Waals surface area contributed by atoms with Crippen molar-refractivity contribution in [2.45, 2.75) is 19.9 Å². The molecule has 0 radical (unpaired) electrons. The van der Waals surface area contributed by atoms with Crippen molar-refractivity contribution in [3.05, 3.63) is 27.9 Å². The third-order valence-corrected chi connectivity index (χ3v) is 1.73. The summed E-state index contributed by atoms with van der Waals surface area (Å²) >= 11 is 0. The Labute approximate surface area is 70.6 Å². The summed E-state index contributed by atoms with van der Waals surface area (Å²) in [6, 6.07) is -0.135. The highest BCUT2D eigenvalue weighted by molar-refractivity contribution is 5.19. The molecular formula is C7H11N5. The van der Waals surface area contributed by atoms with Crippen LogP contribution in [0.5, 0.6) is 0 Å². The van der Waals surface area contributed by atoms with Crippen LogP contribution in [0.4, 0.5) is 0 Å². The standard InChI is InChI=1S/C7H11N5/c1-5(9-11-8)7-4-12(3)10-6(7)2/h4-5H,1-3H3/t5-/m0/s1. The first kappa shape index (κ1) is 8.62. The third-order valence-electron chi connectivity index (χ3n) is 1.73. The van der Waals surface area contributed by atoms with Gasteiger partial charge in [0, 0.05) is 23.7 Å². The SMILES string of the molecule is Cc1nn(C)cc1[C@H](C)N=[N+]=[N-]. The van der Waals surface area contributed by atoms with Crippen molar-refractivity contribution in [2.24, 2.45) is 12.2 Å². The lowest BCUT2D eigenvalue weighted by Gasteiger charge is -1.99. The molecular weight excluding hydrogens is 154 g/mol. The zero-order valence-corrected chi connectivity index (χ0v) is 7.39. The Hall–Kier alpha value is -1.48. The van der Waals surface area contributed by atoms with E-state index in [1.54, 1.807) is 4.68 Å². The lowest BCUT2D eigenvalue weighted by atomic mass is 10.1. The first-order valence-electron chi connectivity index (χ1n) is 3.69. The van der Waals surface area contributed by atoms with E-state index in [-0.39, 0.29) is 6.04 Å². The van der Waals surface area contributed by atoms with Gasteiger partial charge in [0.25, 0.3) is 0 Å². The van der Waals surface area contributed by atoms with Gasteiger partial charge in [0.1, 0.15) is 0 Å². The van der Waals surface area contributed by atoms with Crippen LogP contribution in [0.2, 0.25) is 0 Å². The smallest absolute Gasteiger partial charge is 0.0630 e. The summed E-state index contributed by atoms with van der Waals surface area (Å²) in [5, 5.41) is 7.74. The predicted molar refractivity (Wildman–Crippen MR) is 45.5 cm³/mol. The van der Waals surface area contributed by atoms with Gasteiger partial charge < -0.3 is 0 Å². The summed E-state index contributed by atoms with van der Waals surface area (Å²) < 4.78 is 1.72. The number of hydrogen-bond acceptors (Lipinski definition) is 2. The second-order valence-electron chi connectivity index (χ2n) is 2.72. The van der Waals surface area contributed by atoms with E-state index in [0.29, 0.717) is 0 Å². The quantitative estimate of drug-likeness (QED) is 0.376. The van der Waals surface area contributed by atoms with Crippen LogP contribution in [-0.2, 0) is 7.05 Å². The molecule has 1 aromatic rings. The van der Waals surface area contributed by atoms with Crippen molar-refractivity contribution in [1.29, 1.82) is 0 Å². The van der Waals surface area contributed by atoms with Crippen molar-refractivity contribution in [1.82, 2.24) is 9.78 Å². The second-order valence-corrected chi connectivity index (χ2v) is 2.72. The van der Waals surface area contributed by atoms with Gasteiger partial charge in [-0.25, -0.2) is 0 Å². The average molecular weight is 165 g/mol. The van der Waals surface area contributed by atoms with Crippen LogP contribution in [0, 0.1) is 6.92 Å². The fraction of sp³-hybridized carbons (Fsp3) is 0.571. The summed E-state index contributed by atoms with van der Waals surface area (Å²) in [6.45, 7) is 3.75. The van der Waals surface area contributed by atoms with E-state index >= 15 is 0 Å². The largest absolute Gasteiger partial charge is 0.275 e. The van der Waals surface area contributed by atoms with Crippen LogP contribution in [0.1, 0.15) is 24.2 Å². The van der Waals surface area contributed by atoms with E-state index in [1.165, 1.54) is 0 Å². The maximum Gasteiger partial charge on any atom is 0.0630 e. The molecule has 1 atom stereocenters. The molecule has 1 aromatic heterocycles. The lowest BCUT2D eigenvalue weighted by molar-refractivity contribution is 0.755. The van der Waals surface area contributed by atoms with Gasteiger partial charge in [-0.05, 0) is 12.5 Å². The molecule has 5 nitrogen and oxygen atoms in total. The highest BCUT2D eigenvalue weighted by Gasteiger charge is 2.08. The molecule has 0 bridgehead atoms. The summed E-state index contributed by atoms with van der Waals surface area (Å²) in [5.74, 6) is 0. The first-order valence-corrected chi connectivity index (χ1v) is 3.69. The Balaban J connectivity index is 3.01. The fourth-order valence-electron chi connectivity index (χ4n) is 1.17. The normalized spacial score (nSPS) is 12.2. The minimum Gasteiger partial charge on any atom is -0.275 e. The van der Waals surface area contributed by atoms with Gasteiger partial charge in [-0.2, -0.15) is 5.10 Å². The summed E-state index contributed by atoms with van der Waals surface area (Å²) in [5.41, 5.74) is 10.1. The average Bonchev–Trinajstić information content (AvgIpc) is 2.30. The minimum absolute atomic E-state index is 0.135. The molecule has 0 saturated carbocycles. The molecule has 5 heteroatoms. The number of aromatic nitrogens is 2. The molecule has 0 fully saturated rings. The molecule has 0 spiro atoms. The van der Waals surface area contributed by atoms with Crippen molar-refractivity contribution in [3.8, 4) is 0 Å². The van der Waals surface area contributed by atoms with Gasteiger partial charge in [0.2, 0.25) is 0 Å². The Morgan fingerprint density at radius 3 is 2.83 bits per heavy atom. The lowest BCUT2D eigenvalue weighted by Crippen LogP contribution is -1.87. The molecule has 0 saturated heterocycles. The van der Waals surface area contributed by atoms with Gasteiger partial charge in [0.15, 0.2) is 0 Å².